The first-order valence-electron chi connectivity index (χ1n) is 9.81. The maximum absolute atomic E-state index is 13.1. The summed E-state index contributed by atoms with van der Waals surface area (Å²) in [7, 11) is 1.47. The highest BCUT2D eigenvalue weighted by molar-refractivity contribution is 5.95. The smallest absolute Gasteiger partial charge is 0.255 e. The zero-order valence-electron chi connectivity index (χ0n) is 17.0. The predicted molar refractivity (Wildman–Crippen MR) is 110 cm³/mol. The third-order valence-electron chi connectivity index (χ3n) is 4.98. The van der Waals surface area contributed by atoms with E-state index in [2.05, 4.69) is 4.90 Å². The van der Waals surface area contributed by atoms with E-state index in [9.17, 15) is 14.0 Å². The largest absolute Gasteiger partial charge is 0.493 e. The Morgan fingerprint density at radius 3 is 2.50 bits per heavy atom. The maximum atomic E-state index is 13.1. The van der Waals surface area contributed by atoms with Crippen LogP contribution < -0.4 is 15.2 Å². The van der Waals surface area contributed by atoms with Crippen LogP contribution in [0, 0.1) is 5.82 Å². The lowest BCUT2D eigenvalue weighted by Crippen LogP contribution is -2.35. The van der Waals surface area contributed by atoms with Crippen LogP contribution in [-0.2, 0) is 11.3 Å². The van der Waals surface area contributed by atoms with Gasteiger partial charge in [0.1, 0.15) is 5.82 Å². The molecule has 2 aromatic carbocycles. The number of methoxy groups -OCH3 is 1. The van der Waals surface area contributed by atoms with E-state index < -0.39 is 5.91 Å². The van der Waals surface area contributed by atoms with Gasteiger partial charge in [-0.05, 0) is 42.3 Å². The lowest BCUT2D eigenvalue weighted by atomic mass is 10.1. The SMILES string of the molecule is COc1cc(C(=O)N2CCCN(Cc3ccc(F)cc3)CC2)ccc1OCC(N)=O. The van der Waals surface area contributed by atoms with E-state index in [4.69, 9.17) is 15.2 Å². The molecule has 160 valence electrons. The van der Waals surface area contributed by atoms with E-state index in [0.717, 1.165) is 31.6 Å². The van der Waals surface area contributed by atoms with E-state index in [0.29, 0.717) is 30.2 Å². The molecule has 30 heavy (non-hydrogen) atoms. The van der Waals surface area contributed by atoms with Gasteiger partial charge < -0.3 is 20.1 Å². The third kappa shape index (κ3) is 5.70. The minimum absolute atomic E-state index is 0.0848. The van der Waals surface area contributed by atoms with Gasteiger partial charge in [0.25, 0.3) is 11.8 Å². The number of carbonyl (C=O) groups is 2. The summed E-state index contributed by atoms with van der Waals surface area (Å²) in [5.41, 5.74) is 6.64. The molecular weight excluding hydrogens is 389 g/mol. The highest BCUT2D eigenvalue weighted by Crippen LogP contribution is 2.28. The van der Waals surface area contributed by atoms with Crippen molar-refractivity contribution in [1.82, 2.24) is 9.80 Å². The van der Waals surface area contributed by atoms with Crippen molar-refractivity contribution in [2.75, 3.05) is 39.9 Å². The van der Waals surface area contributed by atoms with E-state index in [1.165, 1.54) is 19.2 Å². The van der Waals surface area contributed by atoms with Crippen LogP contribution in [0.4, 0.5) is 4.39 Å². The first kappa shape index (κ1) is 21.6. The molecule has 2 N–H and O–H groups in total. The van der Waals surface area contributed by atoms with Gasteiger partial charge in [-0.15, -0.1) is 0 Å². The molecule has 3 rings (SSSR count). The second kappa shape index (κ2) is 10.1. The summed E-state index contributed by atoms with van der Waals surface area (Å²) in [6, 6.07) is 11.4. The molecule has 0 aromatic heterocycles. The van der Waals surface area contributed by atoms with E-state index >= 15 is 0 Å². The van der Waals surface area contributed by atoms with Crippen LogP contribution in [0.15, 0.2) is 42.5 Å². The summed E-state index contributed by atoms with van der Waals surface area (Å²) in [5.74, 6) is -0.192. The molecule has 0 atom stereocenters. The lowest BCUT2D eigenvalue weighted by Gasteiger charge is -2.22. The van der Waals surface area contributed by atoms with Gasteiger partial charge in [0.2, 0.25) is 0 Å². The van der Waals surface area contributed by atoms with Gasteiger partial charge in [-0.3, -0.25) is 14.5 Å². The topological polar surface area (TPSA) is 85.1 Å². The van der Waals surface area contributed by atoms with Crippen LogP contribution in [0.25, 0.3) is 0 Å². The third-order valence-corrected chi connectivity index (χ3v) is 4.98. The molecule has 2 amide bonds. The molecule has 0 unspecified atom stereocenters. The Labute approximate surface area is 175 Å². The van der Waals surface area contributed by atoms with Crippen LogP contribution in [0.2, 0.25) is 0 Å². The number of carbonyl (C=O) groups excluding carboxylic acids is 2. The van der Waals surface area contributed by atoms with Gasteiger partial charge in [-0.25, -0.2) is 4.39 Å². The van der Waals surface area contributed by atoms with Crippen LogP contribution in [0.1, 0.15) is 22.3 Å². The minimum Gasteiger partial charge on any atom is -0.493 e. The van der Waals surface area contributed by atoms with Crippen molar-refractivity contribution in [3.63, 3.8) is 0 Å². The number of halogens is 1. The average molecular weight is 415 g/mol. The van der Waals surface area contributed by atoms with Crippen LogP contribution in [0.5, 0.6) is 11.5 Å². The van der Waals surface area contributed by atoms with Gasteiger partial charge in [-0.2, -0.15) is 0 Å². The molecule has 0 bridgehead atoms. The van der Waals surface area contributed by atoms with Crippen molar-refractivity contribution in [3.05, 3.63) is 59.4 Å². The van der Waals surface area contributed by atoms with E-state index in [-0.39, 0.29) is 18.3 Å². The van der Waals surface area contributed by atoms with Crippen LogP contribution in [0.3, 0.4) is 0 Å². The number of rotatable bonds is 7. The summed E-state index contributed by atoms with van der Waals surface area (Å²) in [6.45, 7) is 3.31. The van der Waals surface area contributed by atoms with Gasteiger partial charge in [0.15, 0.2) is 18.1 Å². The quantitative estimate of drug-likeness (QED) is 0.748. The Hall–Kier alpha value is -3.13. The molecule has 1 aliphatic rings. The molecule has 0 saturated carbocycles. The number of nitrogens with two attached hydrogens (primary N) is 1. The average Bonchev–Trinajstić information content (AvgIpc) is 2.98. The highest BCUT2D eigenvalue weighted by Gasteiger charge is 2.21. The molecule has 8 heteroatoms. The molecular formula is C22H26FN3O4. The zero-order valence-corrected chi connectivity index (χ0v) is 17.0. The van der Waals surface area contributed by atoms with Crippen molar-refractivity contribution < 1.29 is 23.5 Å². The second-order valence-corrected chi connectivity index (χ2v) is 7.17. The maximum Gasteiger partial charge on any atom is 0.255 e. The molecule has 0 spiro atoms. The van der Waals surface area contributed by atoms with Crippen molar-refractivity contribution in [2.45, 2.75) is 13.0 Å². The number of hydrogen-bond acceptors (Lipinski definition) is 5. The Kier molecular flexibility index (Phi) is 7.24. The van der Waals surface area contributed by atoms with E-state index in [1.807, 2.05) is 4.90 Å². The fraction of sp³-hybridized carbons (Fsp3) is 0.364. The summed E-state index contributed by atoms with van der Waals surface area (Å²) in [5, 5.41) is 0. The summed E-state index contributed by atoms with van der Waals surface area (Å²) >= 11 is 0. The Morgan fingerprint density at radius 2 is 1.80 bits per heavy atom. The number of nitrogens with zero attached hydrogens (tertiary/aromatic N) is 2. The minimum atomic E-state index is -0.591. The van der Waals surface area contributed by atoms with Crippen LogP contribution in [-0.4, -0.2) is 61.5 Å². The molecule has 1 aliphatic heterocycles. The monoisotopic (exact) mass is 415 g/mol. The molecule has 1 heterocycles. The van der Waals surface area contributed by atoms with Gasteiger partial charge in [0.05, 0.1) is 7.11 Å². The van der Waals surface area contributed by atoms with E-state index in [1.54, 1.807) is 30.3 Å². The zero-order chi connectivity index (χ0) is 21.5. The Morgan fingerprint density at radius 1 is 1.03 bits per heavy atom. The van der Waals surface area contributed by atoms with Crippen molar-refractivity contribution >= 4 is 11.8 Å². The molecule has 7 nitrogen and oxygen atoms in total. The van der Waals surface area contributed by atoms with Crippen molar-refractivity contribution in [1.29, 1.82) is 0 Å². The van der Waals surface area contributed by atoms with Gasteiger partial charge in [0, 0.05) is 38.3 Å². The fourth-order valence-electron chi connectivity index (χ4n) is 3.43. The number of benzene rings is 2. The molecule has 1 fully saturated rings. The molecule has 2 aromatic rings. The standard InChI is InChI=1S/C22H26FN3O4/c1-29-20-13-17(5-8-19(20)30-15-21(24)27)22(28)26-10-2-9-25(11-12-26)14-16-3-6-18(23)7-4-16/h3-8,13H,2,9-12,14-15H2,1H3,(H2,24,27). The molecule has 0 aliphatic carbocycles. The summed E-state index contributed by atoms with van der Waals surface area (Å²) in [6.07, 6.45) is 0.851. The number of amides is 2. The lowest BCUT2D eigenvalue weighted by molar-refractivity contribution is -0.119. The molecule has 1 saturated heterocycles. The number of hydrogen-bond donors (Lipinski definition) is 1. The number of primary amides is 1. The fourth-order valence-corrected chi connectivity index (χ4v) is 3.43. The molecule has 0 radical (unpaired) electrons. The van der Waals surface area contributed by atoms with Crippen molar-refractivity contribution in [2.24, 2.45) is 5.73 Å². The Balaban J connectivity index is 1.62. The van der Waals surface area contributed by atoms with Crippen molar-refractivity contribution in [3.8, 4) is 11.5 Å². The number of ether oxygens (including phenoxy) is 2. The normalized spacial score (nSPS) is 14.8. The summed E-state index contributed by atoms with van der Waals surface area (Å²) in [4.78, 5) is 28.0. The highest BCUT2D eigenvalue weighted by atomic mass is 19.1. The summed E-state index contributed by atoms with van der Waals surface area (Å²) < 4.78 is 23.7. The van der Waals surface area contributed by atoms with Gasteiger partial charge in [-0.1, -0.05) is 12.1 Å². The second-order valence-electron chi connectivity index (χ2n) is 7.17. The van der Waals surface area contributed by atoms with Gasteiger partial charge >= 0.3 is 0 Å². The first-order valence-corrected chi connectivity index (χ1v) is 9.81. The Bertz CT molecular complexity index is 888. The van der Waals surface area contributed by atoms with Crippen LogP contribution >= 0.6 is 0 Å². The predicted octanol–water partition coefficient (Wildman–Crippen LogP) is 2.05. The first-order chi connectivity index (χ1) is 14.5.